The first-order chi connectivity index (χ1) is 19.8. The van der Waals surface area contributed by atoms with Gasteiger partial charge in [-0.1, -0.05) is 29.8 Å². The molecule has 42 heavy (non-hydrogen) atoms. The van der Waals surface area contributed by atoms with Crippen molar-refractivity contribution < 1.29 is 35.9 Å². The smallest absolute Gasteiger partial charge is 0.417 e. The number of carbonyl (C=O) groups excluding carboxylic acids is 1. The lowest BCUT2D eigenvalue weighted by Crippen LogP contribution is -2.38. The second kappa shape index (κ2) is 9.72. The molecule has 2 aromatic heterocycles. The SMILES string of the molecule is CC(F)(F)CN1C(=O)c2[nH]nc(-c3cccc4[nH]c(=O)oc34)c2C1c1ccc(Oc2cc(Cl)cc(C(F)(F)F)c2)cc1. The number of hydrogen-bond acceptors (Lipinski definition) is 5. The van der Waals surface area contributed by atoms with Gasteiger partial charge in [-0.2, -0.15) is 18.3 Å². The summed E-state index contributed by atoms with van der Waals surface area (Å²) in [6.45, 7) is -0.224. The Balaban J connectivity index is 1.41. The first kappa shape index (κ1) is 27.5. The Morgan fingerprint density at radius 1 is 1.02 bits per heavy atom. The lowest BCUT2D eigenvalue weighted by molar-refractivity contribution is -0.137. The quantitative estimate of drug-likeness (QED) is 0.200. The largest absolute Gasteiger partial charge is 0.457 e. The Hall–Kier alpha value is -4.65. The zero-order valence-electron chi connectivity index (χ0n) is 21.4. The lowest BCUT2D eigenvalue weighted by Gasteiger charge is -2.28. The van der Waals surface area contributed by atoms with Gasteiger partial charge in [0.25, 0.3) is 11.8 Å². The number of hydrogen-bond donors (Lipinski definition) is 2. The monoisotopic (exact) mass is 604 g/mol. The van der Waals surface area contributed by atoms with Crippen LogP contribution in [0.4, 0.5) is 22.0 Å². The number of carbonyl (C=O) groups is 1. The van der Waals surface area contributed by atoms with E-state index in [-0.39, 0.29) is 33.5 Å². The van der Waals surface area contributed by atoms with Gasteiger partial charge in [0.2, 0.25) is 0 Å². The Morgan fingerprint density at radius 3 is 2.45 bits per heavy atom. The summed E-state index contributed by atoms with van der Waals surface area (Å²) < 4.78 is 79.0. The fourth-order valence-corrected chi connectivity index (χ4v) is 5.24. The summed E-state index contributed by atoms with van der Waals surface area (Å²) in [5.41, 5.74) is 0.813. The molecule has 0 fully saturated rings. The van der Waals surface area contributed by atoms with Crippen LogP contribution in [-0.2, 0) is 6.18 Å². The molecule has 1 aliphatic rings. The van der Waals surface area contributed by atoms with E-state index in [4.69, 9.17) is 20.8 Å². The number of ether oxygens (including phenoxy) is 1. The number of nitrogens with one attached hydrogen (secondary N) is 2. The maximum atomic E-state index is 14.3. The summed E-state index contributed by atoms with van der Waals surface area (Å²) in [5, 5.41) is 6.74. The van der Waals surface area contributed by atoms with Crippen molar-refractivity contribution in [2.45, 2.75) is 25.1 Å². The highest BCUT2D eigenvalue weighted by Gasteiger charge is 2.45. The van der Waals surface area contributed by atoms with Gasteiger partial charge in [-0.3, -0.25) is 14.9 Å². The molecule has 0 bridgehead atoms. The number of alkyl halides is 5. The summed E-state index contributed by atoms with van der Waals surface area (Å²) >= 11 is 5.84. The highest BCUT2D eigenvalue weighted by atomic mass is 35.5. The van der Waals surface area contributed by atoms with Crippen LogP contribution in [0, 0.1) is 0 Å². The number of rotatable bonds is 6. The average Bonchev–Trinajstić information content (AvgIpc) is 3.56. The Labute approximate surface area is 237 Å². The summed E-state index contributed by atoms with van der Waals surface area (Å²) in [6.07, 6.45) is -4.64. The van der Waals surface area contributed by atoms with Crippen LogP contribution in [0.5, 0.6) is 11.5 Å². The van der Waals surface area contributed by atoms with Crippen LogP contribution in [0.3, 0.4) is 0 Å². The van der Waals surface area contributed by atoms with Crippen LogP contribution in [0.25, 0.3) is 22.4 Å². The van der Waals surface area contributed by atoms with Gasteiger partial charge in [-0.05, 0) is 48.0 Å². The fraction of sp³-hybridized carbons (Fsp3) is 0.179. The number of H-pyrrole nitrogens is 2. The summed E-state index contributed by atoms with van der Waals surface area (Å²) in [6, 6.07) is 12.5. The molecule has 1 unspecified atom stereocenters. The molecule has 0 saturated heterocycles. The lowest BCUT2D eigenvalue weighted by atomic mass is 9.95. The van der Waals surface area contributed by atoms with Crippen molar-refractivity contribution in [2.75, 3.05) is 6.54 Å². The van der Waals surface area contributed by atoms with Crippen molar-refractivity contribution in [2.24, 2.45) is 0 Å². The van der Waals surface area contributed by atoms with Gasteiger partial charge >= 0.3 is 11.9 Å². The molecule has 6 rings (SSSR count). The molecule has 0 aliphatic carbocycles. The van der Waals surface area contributed by atoms with E-state index in [1.54, 1.807) is 18.2 Å². The Bertz CT molecular complexity index is 1890. The van der Waals surface area contributed by atoms with Crippen molar-refractivity contribution in [3.63, 3.8) is 0 Å². The summed E-state index contributed by atoms with van der Waals surface area (Å²) in [7, 11) is 0. The van der Waals surface area contributed by atoms with Crippen LogP contribution in [-0.4, -0.2) is 38.5 Å². The molecule has 8 nitrogen and oxygen atoms in total. The topological polar surface area (TPSA) is 104 Å². The van der Waals surface area contributed by atoms with Crippen molar-refractivity contribution in [1.82, 2.24) is 20.1 Å². The van der Waals surface area contributed by atoms with Crippen LogP contribution in [0.15, 0.2) is 69.9 Å². The number of amides is 1. The molecule has 0 spiro atoms. The number of halogens is 6. The molecule has 3 aromatic carbocycles. The second-order valence-electron chi connectivity index (χ2n) is 9.81. The van der Waals surface area contributed by atoms with Gasteiger partial charge in [-0.25, -0.2) is 13.6 Å². The minimum atomic E-state index is -4.64. The van der Waals surface area contributed by atoms with E-state index >= 15 is 0 Å². The second-order valence-corrected chi connectivity index (χ2v) is 10.2. The number of para-hydroxylation sites is 1. The predicted octanol–water partition coefficient (Wildman–Crippen LogP) is 7.18. The normalized spacial score (nSPS) is 15.5. The molecule has 0 radical (unpaired) electrons. The minimum Gasteiger partial charge on any atom is -0.457 e. The van der Waals surface area contributed by atoms with Crippen molar-refractivity contribution >= 4 is 28.6 Å². The molecule has 1 amide bonds. The molecular formula is C28H18ClF5N4O4. The third kappa shape index (κ3) is 5.00. The maximum absolute atomic E-state index is 14.3. The van der Waals surface area contributed by atoms with Gasteiger partial charge in [0, 0.05) is 23.1 Å². The average molecular weight is 605 g/mol. The molecule has 2 N–H and O–H groups in total. The molecule has 216 valence electrons. The fourth-order valence-electron chi connectivity index (χ4n) is 5.01. The van der Waals surface area contributed by atoms with Crippen LogP contribution >= 0.6 is 11.6 Å². The number of oxazole rings is 1. The van der Waals surface area contributed by atoms with E-state index in [1.165, 1.54) is 30.3 Å². The number of aromatic nitrogens is 3. The molecule has 5 aromatic rings. The number of aromatic amines is 2. The van der Waals surface area contributed by atoms with Crippen LogP contribution in [0.2, 0.25) is 5.02 Å². The maximum Gasteiger partial charge on any atom is 0.417 e. The number of fused-ring (bicyclic) bond motifs is 2. The zero-order chi connectivity index (χ0) is 30.0. The van der Waals surface area contributed by atoms with E-state index in [2.05, 4.69) is 15.2 Å². The number of benzene rings is 3. The van der Waals surface area contributed by atoms with Gasteiger partial charge in [-0.15, -0.1) is 0 Å². The first-order valence-electron chi connectivity index (χ1n) is 12.3. The van der Waals surface area contributed by atoms with Crippen molar-refractivity contribution in [1.29, 1.82) is 0 Å². The molecule has 1 atom stereocenters. The van der Waals surface area contributed by atoms with Crippen molar-refractivity contribution in [3.8, 4) is 22.8 Å². The highest BCUT2D eigenvalue weighted by Crippen LogP contribution is 2.45. The van der Waals surface area contributed by atoms with Gasteiger partial charge in [0.05, 0.1) is 23.7 Å². The van der Waals surface area contributed by atoms with Crippen LogP contribution in [0.1, 0.15) is 40.1 Å². The standard InChI is InChI=1S/C28H18ClF5N4O4/c1-27(30,31)12-38-23(13-5-7-16(8-6-13)41-17-10-14(28(32,33)34)9-15(29)11-17)20-21(36-37-22(20)25(38)39)18-3-2-4-19-24(18)42-26(40)35-19/h2-11,23H,12H2,1H3,(H,35,40)(H,36,37). The molecule has 3 heterocycles. The number of nitrogens with zero attached hydrogens (tertiary/aromatic N) is 2. The van der Waals surface area contributed by atoms with E-state index in [0.717, 1.165) is 17.0 Å². The van der Waals surface area contributed by atoms with E-state index in [0.29, 0.717) is 29.1 Å². The zero-order valence-corrected chi connectivity index (χ0v) is 22.1. The van der Waals surface area contributed by atoms with Gasteiger partial charge in [0.1, 0.15) is 22.9 Å². The highest BCUT2D eigenvalue weighted by molar-refractivity contribution is 6.30. The van der Waals surface area contributed by atoms with E-state index in [1.807, 2.05) is 0 Å². The summed E-state index contributed by atoms with van der Waals surface area (Å²) in [4.78, 5) is 28.7. The molecule has 0 saturated carbocycles. The molecule has 1 aliphatic heterocycles. The predicted molar refractivity (Wildman–Crippen MR) is 141 cm³/mol. The first-order valence-corrected chi connectivity index (χ1v) is 12.7. The van der Waals surface area contributed by atoms with E-state index in [9.17, 15) is 31.5 Å². The third-order valence-electron chi connectivity index (χ3n) is 6.64. The van der Waals surface area contributed by atoms with Gasteiger partial charge < -0.3 is 14.1 Å². The Kier molecular flexibility index (Phi) is 6.37. The minimum absolute atomic E-state index is 0.00642. The van der Waals surface area contributed by atoms with E-state index < -0.39 is 41.9 Å². The molecular weight excluding hydrogens is 587 g/mol. The van der Waals surface area contributed by atoms with Gasteiger partial charge in [0.15, 0.2) is 5.58 Å². The summed E-state index contributed by atoms with van der Waals surface area (Å²) in [5.74, 6) is -4.69. The van der Waals surface area contributed by atoms with Crippen LogP contribution < -0.4 is 10.5 Å². The Morgan fingerprint density at radius 2 is 1.76 bits per heavy atom. The molecule has 14 heteroatoms. The third-order valence-corrected chi connectivity index (χ3v) is 6.86. The van der Waals surface area contributed by atoms with Crippen molar-refractivity contribution in [3.05, 3.63) is 98.6 Å².